The lowest BCUT2D eigenvalue weighted by Gasteiger charge is -2.32. The first-order valence-electron chi connectivity index (χ1n) is 13.2. The first-order chi connectivity index (χ1) is 18.5. The van der Waals surface area contributed by atoms with E-state index in [1.807, 2.05) is 31.2 Å². The van der Waals surface area contributed by atoms with Crippen LogP contribution in [0, 0.1) is 5.82 Å². The predicted octanol–water partition coefficient (Wildman–Crippen LogP) is 4.23. The molecule has 0 saturated carbocycles. The number of rotatable bonds is 11. The molecule has 200 valence electrons. The van der Waals surface area contributed by atoms with Crippen LogP contribution in [-0.4, -0.2) is 56.0 Å². The molecule has 9 nitrogen and oxygen atoms in total. The number of ether oxygens (including phenoxy) is 2. The molecule has 2 atom stereocenters. The summed E-state index contributed by atoms with van der Waals surface area (Å²) in [5.41, 5.74) is 2.19. The molecule has 2 aromatic heterocycles. The smallest absolute Gasteiger partial charge is 0.252 e. The first-order valence-corrected chi connectivity index (χ1v) is 13.2. The highest BCUT2D eigenvalue weighted by atomic mass is 19.1. The summed E-state index contributed by atoms with van der Waals surface area (Å²) in [4.78, 5) is 18.4. The third-order valence-electron chi connectivity index (χ3n) is 6.97. The predicted molar refractivity (Wildman–Crippen MR) is 141 cm³/mol. The number of benzene rings is 2. The fourth-order valence-corrected chi connectivity index (χ4v) is 5.10. The van der Waals surface area contributed by atoms with Crippen molar-refractivity contribution in [2.24, 2.45) is 0 Å². The fourth-order valence-electron chi connectivity index (χ4n) is 5.10. The maximum atomic E-state index is 13.4. The molecule has 5 rings (SSSR count). The number of nitrogens with one attached hydrogen (secondary N) is 1. The molecule has 4 aromatic rings. The van der Waals surface area contributed by atoms with Crippen LogP contribution in [0.25, 0.3) is 10.9 Å². The summed E-state index contributed by atoms with van der Waals surface area (Å²) >= 11 is 0. The van der Waals surface area contributed by atoms with Gasteiger partial charge in [0.1, 0.15) is 11.6 Å². The van der Waals surface area contributed by atoms with Crippen molar-refractivity contribution in [3.63, 3.8) is 0 Å². The van der Waals surface area contributed by atoms with Gasteiger partial charge in [0.05, 0.1) is 25.3 Å². The highest BCUT2D eigenvalue weighted by Gasteiger charge is 2.29. The first kappa shape index (κ1) is 26.0. The van der Waals surface area contributed by atoms with E-state index in [2.05, 4.69) is 32.3 Å². The molecule has 0 bridgehead atoms. The molecule has 1 fully saturated rings. The Balaban J connectivity index is 1.47. The Morgan fingerprint density at radius 1 is 1.21 bits per heavy atom. The van der Waals surface area contributed by atoms with Crippen LogP contribution in [0.5, 0.6) is 5.75 Å². The minimum absolute atomic E-state index is 0.0783. The van der Waals surface area contributed by atoms with Gasteiger partial charge in [0, 0.05) is 36.2 Å². The van der Waals surface area contributed by atoms with Gasteiger partial charge in [-0.15, -0.1) is 5.10 Å². The second-order valence-electron chi connectivity index (χ2n) is 9.62. The van der Waals surface area contributed by atoms with Gasteiger partial charge in [-0.2, -0.15) is 0 Å². The van der Waals surface area contributed by atoms with Crippen LogP contribution >= 0.6 is 0 Å². The highest BCUT2D eigenvalue weighted by Crippen LogP contribution is 2.28. The topological polar surface area (TPSA) is 98.2 Å². The number of H-pyrrole nitrogens is 1. The Morgan fingerprint density at radius 2 is 2.05 bits per heavy atom. The number of hydrogen-bond acceptors (Lipinski definition) is 7. The van der Waals surface area contributed by atoms with Crippen LogP contribution in [0.2, 0.25) is 0 Å². The van der Waals surface area contributed by atoms with Gasteiger partial charge in [0.15, 0.2) is 5.82 Å². The lowest BCUT2D eigenvalue weighted by Crippen LogP contribution is -2.37. The molecule has 0 aliphatic carbocycles. The van der Waals surface area contributed by atoms with Gasteiger partial charge in [0.2, 0.25) is 0 Å². The number of aromatic nitrogens is 5. The van der Waals surface area contributed by atoms with Crippen molar-refractivity contribution in [1.82, 2.24) is 30.1 Å². The number of nitrogens with zero attached hydrogens (tertiary/aromatic N) is 5. The number of pyridine rings is 1. The van der Waals surface area contributed by atoms with E-state index in [1.54, 1.807) is 16.8 Å². The van der Waals surface area contributed by atoms with E-state index in [-0.39, 0.29) is 23.5 Å². The molecule has 10 heteroatoms. The van der Waals surface area contributed by atoms with Crippen molar-refractivity contribution < 1.29 is 13.9 Å². The van der Waals surface area contributed by atoms with Gasteiger partial charge in [-0.3, -0.25) is 9.69 Å². The van der Waals surface area contributed by atoms with E-state index < -0.39 is 0 Å². The second-order valence-corrected chi connectivity index (χ2v) is 9.62. The Hall–Kier alpha value is -3.63. The maximum absolute atomic E-state index is 13.4. The van der Waals surface area contributed by atoms with Crippen LogP contribution in [-0.2, 0) is 17.8 Å². The Labute approximate surface area is 220 Å². The van der Waals surface area contributed by atoms with Crippen LogP contribution in [0.15, 0.2) is 53.3 Å². The third-order valence-corrected chi connectivity index (χ3v) is 6.97. The average Bonchev–Trinajstić information content (AvgIpc) is 3.59. The van der Waals surface area contributed by atoms with E-state index in [9.17, 15) is 9.18 Å². The van der Waals surface area contributed by atoms with Crippen LogP contribution in [0.3, 0.4) is 0 Å². The number of aromatic amines is 1. The number of halogens is 1. The highest BCUT2D eigenvalue weighted by molar-refractivity contribution is 5.80. The molecule has 1 N–H and O–H groups in total. The van der Waals surface area contributed by atoms with E-state index in [0.717, 1.165) is 48.1 Å². The Kier molecular flexibility index (Phi) is 8.09. The number of fused-ring (bicyclic) bond motifs is 1. The summed E-state index contributed by atoms with van der Waals surface area (Å²) in [6.45, 7) is 6.83. The van der Waals surface area contributed by atoms with Gasteiger partial charge in [-0.1, -0.05) is 19.1 Å². The largest absolute Gasteiger partial charge is 0.494 e. The zero-order valence-corrected chi connectivity index (χ0v) is 21.8. The van der Waals surface area contributed by atoms with Crippen molar-refractivity contribution in [2.45, 2.75) is 58.3 Å². The molecular weight excluding hydrogens is 487 g/mol. The summed E-state index contributed by atoms with van der Waals surface area (Å²) in [5, 5.41) is 13.5. The minimum atomic E-state index is -0.283. The Morgan fingerprint density at radius 3 is 2.79 bits per heavy atom. The van der Waals surface area contributed by atoms with Gasteiger partial charge in [-0.25, -0.2) is 9.07 Å². The lowest BCUT2D eigenvalue weighted by molar-refractivity contribution is 0.0489. The molecule has 2 aromatic carbocycles. The van der Waals surface area contributed by atoms with Gasteiger partial charge < -0.3 is 14.5 Å². The molecule has 0 radical (unpaired) electrons. The van der Waals surface area contributed by atoms with E-state index in [4.69, 9.17) is 9.47 Å². The van der Waals surface area contributed by atoms with Gasteiger partial charge >= 0.3 is 0 Å². The molecule has 2 unspecified atom stereocenters. The van der Waals surface area contributed by atoms with E-state index in [0.29, 0.717) is 37.6 Å². The monoisotopic (exact) mass is 520 g/mol. The second kappa shape index (κ2) is 11.8. The SMILES string of the molecule is CCOc1ccc2[nH]c(=O)c(CN(CC3CCCO3)C(CC)c3nnnn3Cc3ccc(F)cc3)cc2c1. The summed E-state index contributed by atoms with van der Waals surface area (Å²) in [6, 6.07) is 13.8. The zero-order chi connectivity index (χ0) is 26.5. The molecule has 38 heavy (non-hydrogen) atoms. The van der Waals surface area contributed by atoms with Crippen molar-refractivity contribution in [3.05, 3.63) is 81.7 Å². The molecule has 0 spiro atoms. The molecular formula is C28H33FN6O3. The summed E-state index contributed by atoms with van der Waals surface area (Å²) in [7, 11) is 0. The standard InChI is InChI=1S/C28H33FN6O3/c1-3-26(27-31-32-33-35(27)16-19-7-9-22(29)10-8-19)34(18-24-6-5-13-38-24)17-21-14-20-15-23(37-4-2)11-12-25(20)30-28(21)36/h7-12,14-15,24,26H,3-6,13,16-18H2,1-2H3,(H,30,36). The van der Waals surface area contributed by atoms with Crippen LogP contribution in [0.1, 0.15) is 56.1 Å². The van der Waals surface area contributed by atoms with E-state index in [1.165, 1.54) is 12.1 Å². The molecule has 1 saturated heterocycles. The van der Waals surface area contributed by atoms with Crippen LogP contribution < -0.4 is 10.3 Å². The molecule has 1 aliphatic rings. The van der Waals surface area contributed by atoms with Gasteiger partial charge in [-0.05, 0) is 78.6 Å². The van der Waals surface area contributed by atoms with Crippen LogP contribution in [0.4, 0.5) is 4.39 Å². The third kappa shape index (κ3) is 5.92. The molecule has 3 heterocycles. The molecule has 1 aliphatic heterocycles. The van der Waals surface area contributed by atoms with Gasteiger partial charge in [0.25, 0.3) is 5.56 Å². The zero-order valence-electron chi connectivity index (χ0n) is 21.8. The van der Waals surface area contributed by atoms with Crippen molar-refractivity contribution in [2.75, 3.05) is 19.8 Å². The minimum Gasteiger partial charge on any atom is -0.494 e. The van der Waals surface area contributed by atoms with Crippen molar-refractivity contribution >= 4 is 10.9 Å². The van der Waals surface area contributed by atoms with Crippen molar-refractivity contribution in [1.29, 1.82) is 0 Å². The summed E-state index contributed by atoms with van der Waals surface area (Å²) < 4.78 is 26.8. The van der Waals surface area contributed by atoms with Crippen molar-refractivity contribution in [3.8, 4) is 5.75 Å². The average molecular weight is 521 g/mol. The molecule has 0 amide bonds. The summed E-state index contributed by atoms with van der Waals surface area (Å²) in [6.07, 6.45) is 2.80. The Bertz CT molecular complexity index is 1410. The lowest BCUT2D eigenvalue weighted by atomic mass is 10.1. The quantitative estimate of drug-likeness (QED) is 0.316. The number of tetrazole rings is 1. The normalized spacial score (nSPS) is 16.4. The fraction of sp³-hybridized carbons (Fsp3) is 0.429. The number of hydrogen-bond donors (Lipinski definition) is 1. The maximum Gasteiger partial charge on any atom is 0.252 e. The van der Waals surface area contributed by atoms with E-state index >= 15 is 0 Å². The summed E-state index contributed by atoms with van der Waals surface area (Å²) in [5.74, 6) is 1.18.